The third kappa shape index (κ3) is 4.70. The number of hydrogen-bond donors (Lipinski definition) is 1. The van der Waals surface area contributed by atoms with Crippen molar-refractivity contribution < 1.29 is 28.6 Å². The molecular weight excluding hydrogens is 412 g/mol. The minimum absolute atomic E-state index is 0.119. The van der Waals surface area contributed by atoms with E-state index >= 15 is 0 Å². The largest absolute Gasteiger partial charge is 0.497 e. The number of hydrogen-bond acceptors (Lipinski definition) is 6. The molecule has 2 aromatic rings. The predicted molar refractivity (Wildman–Crippen MR) is 118 cm³/mol. The summed E-state index contributed by atoms with van der Waals surface area (Å²) >= 11 is 0. The minimum Gasteiger partial charge on any atom is -0.497 e. The molecule has 1 aromatic heterocycles. The van der Waals surface area contributed by atoms with E-state index in [1.54, 1.807) is 57.0 Å². The Kier molecular flexibility index (Phi) is 7.35. The van der Waals surface area contributed by atoms with Crippen molar-refractivity contribution in [2.75, 3.05) is 27.4 Å². The lowest BCUT2D eigenvalue weighted by Gasteiger charge is -2.31. The third-order valence-corrected chi connectivity index (χ3v) is 5.94. The van der Waals surface area contributed by atoms with Crippen LogP contribution >= 0.6 is 0 Å². The zero-order chi connectivity index (χ0) is 23.4. The van der Waals surface area contributed by atoms with Crippen LogP contribution in [-0.4, -0.2) is 67.1 Å². The van der Waals surface area contributed by atoms with Crippen molar-refractivity contribution in [3.05, 3.63) is 52.3 Å². The van der Waals surface area contributed by atoms with Gasteiger partial charge in [0.25, 0.3) is 5.91 Å². The van der Waals surface area contributed by atoms with Crippen molar-refractivity contribution in [2.45, 2.75) is 45.8 Å². The molecule has 0 unspecified atom stereocenters. The van der Waals surface area contributed by atoms with E-state index in [1.807, 2.05) is 0 Å². The first-order valence-electron chi connectivity index (χ1n) is 10.7. The molecule has 1 amide bonds. The second-order valence-electron chi connectivity index (χ2n) is 7.98. The molecular formula is C24H30N2O6. The number of methoxy groups -OCH3 is 2. The highest BCUT2D eigenvalue weighted by Crippen LogP contribution is 2.24. The Morgan fingerprint density at radius 2 is 1.88 bits per heavy atom. The molecule has 2 atom stereocenters. The maximum atomic E-state index is 13.5. The van der Waals surface area contributed by atoms with Gasteiger partial charge in [0.05, 0.1) is 26.4 Å². The van der Waals surface area contributed by atoms with Gasteiger partial charge in [-0.3, -0.25) is 9.59 Å². The highest BCUT2D eigenvalue weighted by atomic mass is 16.5. The molecule has 1 saturated heterocycles. The molecule has 0 bridgehead atoms. The maximum absolute atomic E-state index is 13.5. The standard InChI is InChI=1S/C24H30N2O6/c1-14-20(15(2)25-21(14)24(29)31-5)22(27)16(3)26(13-19-7-6-12-32-19)23(28)17-8-10-18(30-4)11-9-17/h8-11,16,19,25H,6-7,12-13H2,1-5H3/t16-,19+/m0/s1. The number of aromatic nitrogens is 1. The Bertz CT molecular complexity index is 989. The van der Waals surface area contributed by atoms with Gasteiger partial charge in [-0.05, 0) is 63.4 Å². The summed E-state index contributed by atoms with van der Waals surface area (Å²) in [4.78, 5) is 43.5. The minimum atomic E-state index is -0.757. The lowest BCUT2D eigenvalue weighted by atomic mass is 9.98. The molecule has 8 heteroatoms. The molecule has 32 heavy (non-hydrogen) atoms. The van der Waals surface area contributed by atoms with E-state index in [9.17, 15) is 14.4 Å². The normalized spacial score (nSPS) is 16.5. The van der Waals surface area contributed by atoms with E-state index in [2.05, 4.69) is 4.98 Å². The first-order chi connectivity index (χ1) is 15.3. The summed E-state index contributed by atoms with van der Waals surface area (Å²) < 4.78 is 15.7. The van der Waals surface area contributed by atoms with Crippen LogP contribution in [-0.2, 0) is 9.47 Å². The van der Waals surface area contributed by atoms with Crippen molar-refractivity contribution in [3.63, 3.8) is 0 Å². The average molecular weight is 443 g/mol. The maximum Gasteiger partial charge on any atom is 0.354 e. The number of H-pyrrole nitrogens is 1. The van der Waals surface area contributed by atoms with Crippen LogP contribution < -0.4 is 4.74 Å². The number of carbonyl (C=O) groups is 3. The molecule has 0 radical (unpaired) electrons. The molecule has 2 heterocycles. The summed E-state index contributed by atoms with van der Waals surface area (Å²) in [6.07, 6.45) is 1.64. The van der Waals surface area contributed by atoms with Gasteiger partial charge >= 0.3 is 5.97 Å². The lowest BCUT2D eigenvalue weighted by molar-refractivity contribution is 0.0410. The van der Waals surface area contributed by atoms with Gasteiger partial charge in [-0.1, -0.05) is 0 Å². The molecule has 1 aromatic carbocycles. The summed E-state index contributed by atoms with van der Waals surface area (Å²) in [6, 6.07) is 6.04. The summed E-state index contributed by atoms with van der Waals surface area (Å²) in [7, 11) is 2.85. The Morgan fingerprint density at radius 3 is 2.44 bits per heavy atom. The lowest BCUT2D eigenvalue weighted by Crippen LogP contribution is -2.47. The highest BCUT2D eigenvalue weighted by Gasteiger charge is 2.33. The number of aryl methyl sites for hydroxylation is 1. The fourth-order valence-electron chi connectivity index (χ4n) is 4.10. The molecule has 8 nitrogen and oxygen atoms in total. The Balaban J connectivity index is 1.93. The van der Waals surface area contributed by atoms with E-state index in [0.717, 1.165) is 12.8 Å². The van der Waals surface area contributed by atoms with Gasteiger partial charge in [0.1, 0.15) is 11.4 Å². The molecule has 0 aliphatic carbocycles. The van der Waals surface area contributed by atoms with Crippen LogP contribution in [0.1, 0.15) is 62.2 Å². The number of ketones is 1. The van der Waals surface area contributed by atoms with Crippen LogP contribution in [0.4, 0.5) is 0 Å². The van der Waals surface area contributed by atoms with E-state index in [0.29, 0.717) is 41.3 Å². The highest BCUT2D eigenvalue weighted by molar-refractivity contribution is 6.07. The number of aromatic amines is 1. The Morgan fingerprint density at radius 1 is 1.19 bits per heavy atom. The number of Topliss-reactive ketones (excluding diaryl/α,β-unsaturated/α-hetero) is 1. The van der Waals surface area contributed by atoms with E-state index in [4.69, 9.17) is 14.2 Å². The summed E-state index contributed by atoms with van der Waals surface area (Å²) in [5.74, 6) is -0.401. The first-order valence-corrected chi connectivity index (χ1v) is 10.7. The second-order valence-corrected chi connectivity index (χ2v) is 7.98. The van der Waals surface area contributed by atoms with Crippen molar-refractivity contribution in [1.29, 1.82) is 0 Å². The van der Waals surface area contributed by atoms with Crippen LogP contribution in [0, 0.1) is 13.8 Å². The van der Waals surface area contributed by atoms with E-state index < -0.39 is 12.0 Å². The van der Waals surface area contributed by atoms with Gasteiger partial charge < -0.3 is 24.1 Å². The fourth-order valence-corrected chi connectivity index (χ4v) is 4.10. The fraction of sp³-hybridized carbons (Fsp3) is 0.458. The van der Waals surface area contributed by atoms with Gasteiger partial charge in [0.2, 0.25) is 0 Å². The monoisotopic (exact) mass is 442 g/mol. The molecule has 1 N–H and O–H groups in total. The summed E-state index contributed by atoms with van der Waals surface area (Å²) in [6.45, 7) is 6.10. The summed E-state index contributed by atoms with van der Waals surface area (Å²) in [5, 5.41) is 0. The van der Waals surface area contributed by atoms with Crippen molar-refractivity contribution in [1.82, 2.24) is 9.88 Å². The molecule has 0 spiro atoms. The molecule has 1 fully saturated rings. The SMILES string of the molecule is COC(=O)c1[nH]c(C)c(C(=O)[C@H](C)N(C[C@H]2CCCO2)C(=O)c2ccc(OC)cc2)c1C. The van der Waals surface area contributed by atoms with Gasteiger partial charge in [-0.2, -0.15) is 0 Å². The van der Waals surface area contributed by atoms with Crippen molar-refractivity contribution in [2.24, 2.45) is 0 Å². The molecule has 1 aliphatic heterocycles. The smallest absolute Gasteiger partial charge is 0.354 e. The van der Waals surface area contributed by atoms with Crippen molar-refractivity contribution in [3.8, 4) is 5.75 Å². The van der Waals surface area contributed by atoms with Crippen LogP contribution in [0.5, 0.6) is 5.75 Å². The van der Waals surface area contributed by atoms with Gasteiger partial charge in [0, 0.05) is 30.0 Å². The Labute approximate surface area is 187 Å². The van der Waals surface area contributed by atoms with Gasteiger partial charge in [-0.25, -0.2) is 4.79 Å². The van der Waals surface area contributed by atoms with Crippen LogP contribution in [0.3, 0.4) is 0 Å². The number of rotatable bonds is 8. The number of carbonyl (C=O) groups excluding carboxylic acids is 3. The van der Waals surface area contributed by atoms with Gasteiger partial charge in [0.15, 0.2) is 5.78 Å². The molecule has 3 rings (SSSR count). The Hall–Kier alpha value is -3.13. The van der Waals surface area contributed by atoms with E-state index in [1.165, 1.54) is 7.11 Å². The number of nitrogens with zero attached hydrogens (tertiary/aromatic N) is 1. The predicted octanol–water partition coefficient (Wildman–Crippen LogP) is 3.32. The third-order valence-electron chi connectivity index (χ3n) is 5.94. The number of nitrogens with one attached hydrogen (secondary N) is 1. The number of esters is 1. The van der Waals surface area contributed by atoms with E-state index in [-0.39, 0.29) is 23.5 Å². The quantitative estimate of drug-likeness (QED) is 0.498. The number of ether oxygens (including phenoxy) is 3. The zero-order valence-electron chi connectivity index (χ0n) is 19.2. The van der Waals surface area contributed by atoms with Crippen LogP contribution in [0.25, 0.3) is 0 Å². The average Bonchev–Trinajstić information content (AvgIpc) is 3.42. The van der Waals surface area contributed by atoms with Crippen LogP contribution in [0.2, 0.25) is 0 Å². The molecule has 0 saturated carbocycles. The van der Waals surface area contributed by atoms with Gasteiger partial charge in [-0.15, -0.1) is 0 Å². The summed E-state index contributed by atoms with van der Waals surface area (Å²) in [5.41, 5.74) is 2.18. The zero-order valence-corrected chi connectivity index (χ0v) is 19.2. The second kappa shape index (κ2) is 9.99. The molecule has 172 valence electrons. The molecule has 1 aliphatic rings. The topological polar surface area (TPSA) is 97.9 Å². The van der Waals surface area contributed by atoms with Crippen LogP contribution in [0.15, 0.2) is 24.3 Å². The van der Waals surface area contributed by atoms with Crippen molar-refractivity contribution >= 4 is 17.7 Å². The number of benzene rings is 1. The first kappa shape index (κ1) is 23.5. The number of amides is 1.